The Morgan fingerprint density at radius 2 is 1.72 bits per heavy atom. The number of imidazole rings is 1. The summed E-state index contributed by atoms with van der Waals surface area (Å²) in [5.74, 6) is -0.420. The van der Waals surface area contributed by atoms with Crippen LogP contribution in [0.4, 0.5) is 0 Å². The topological polar surface area (TPSA) is 113 Å². The second-order valence-corrected chi connectivity index (χ2v) is 10.00. The molecule has 9 heteroatoms. The van der Waals surface area contributed by atoms with Crippen LogP contribution in [0.5, 0.6) is 0 Å². The number of piperidine rings is 1. The molecule has 0 bridgehead atoms. The number of amides is 2. The lowest BCUT2D eigenvalue weighted by Crippen LogP contribution is -2.57. The molecular formula is C27H36ClN5O3. The van der Waals surface area contributed by atoms with Gasteiger partial charge in [0, 0.05) is 19.1 Å². The van der Waals surface area contributed by atoms with Crippen LogP contribution in [0.1, 0.15) is 51.1 Å². The summed E-state index contributed by atoms with van der Waals surface area (Å²) in [5.41, 5.74) is 7.71. The van der Waals surface area contributed by atoms with Crippen molar-refractivity contribution in [3.8, 4) is 0 Å². The molecule has 3 aromatic rings. The second kappa shape index (κ2) is 11.8. The van der Waals surface area contributed by atoms with Gasteiger partial charge in [0.25, 0.3) is 0 Å². The Morgan fingerprint density at radius 3 is 2.39 bits per heavy atom. The molecule has 4 N–H and O–H groups in total. The smallest absolute Gasteiger partial charge is 0.326 e. The number of carbonyl (C=O) groups excluding carboxylic acids is 2. The lowest BCUT2D eigenvalue weighted by atomic mass is 9.99. The van der Waals surface area contributed by atoms with Gasteiger partial charge in [-0.3, -0.25) is 14.2 Å². The van der Waals surface area contributed by atoms with Gasteiger partial charge in [-0.05, 0) is 63.6 Å². The van der Waals surface area contributed by atoms with Gasteiger partial charge in [-0.15, -0.1) is 12.4 Å². The molecule has 1 aromatic heterocycles. The number of halogens is 1. The predicted octanol–water partition coefficient (Wildman–Crippen LogP) is 3.16. The molecule has 0 radical (unpaired) electrons. The summed E-state index contributed by atoms with van der Waals surface area (Å²) in [6.45, 7) is 4.34. The molecule has 1 aliphatic heterocycles. The fraction of sp³-hybridized carbons (Fsp3) is 0.444. The number of rotatable bonds is 8. The lowest BCUT2D eigenvalue weighted by molar-refractivity contribution is -0.138. The standard InChI is InChI=1S/C27H35N5O3.ClH/c1-27(2,28)25(34)29-22(13-8-11-19-9-4-3-5-10-19)24(33)31-17-15-20(16-18-31)32-23-14-7-6-12-21(23)30-26(32)35;/h3-7,9-10,12,14,20,22H,8,11,13,15-18,28H2,1-2H3,(H,29,34)(H,30,35);1H/t22-;/m1./s1. The number of aryl methyl sites for hydroxylation is 1. The Morgan fingerprint density at radius 1 is 1.08 bits per heavy atom. The summed E-state index contributed by atoms with van der Waals surface area (Å²) >= 11 is 0. The summed E-state index contributed by atoms with van der Waals surface area (Å²) in [4.78, 5) is 43.4. The maximum Gasteiger partial charge on any atom is 0.326 e. The minimum absolute atomic E-state index is 0. The van der Waals surface area contributed by atoms with Crippen molar-refractivity contribution in [3.05, 3.63) is 70.6 Å². The highest BCUT2D eigenvalue weighted by Crippen LogP contribution is 2.25. The maximum absolute atomic E-state index is 13.5. The van der Waals surface area contributed by atoms with E-state index in [0.29, 0.717) is 32.4 Å². The zero-order valence-electron chi connectivity index (χ0n) is 20.9. The minimum Gasteiger partial charge on any atom is -0.343 e. The normalized spacial score (nSPS) is 15.4. The monoisotopic (exact) mass is 513 g/mol. The molecule has 0 aliphatic carbocycles. The number of aromatic amines is 1. The largest absolute Gasteiger partial charge is 0.343 e. The van der Waals surface area contributed by atoms with Crippen molar-refractivity contribution in [3.63, 3.8) is 0 Å². The van der Waals surface area contributed by atoms with Crippen molar-refractivity contribution in [2.24, 2.45) is 5.73 Å². The van der Waals surface area contributed by atoms with Gasteiger partial charge in [-0.25, -0.2) is 4.79 Å². The van der Waals surface area contributed by atoms with E-state index >= 15 is 0 Å². The highest BCUT2D eigenvalue weighted by molar-refractivity contribution is 5.91. The minimum atomic E-state index is -1.07. The Hall–Kier alpha value is -3.10. The number of hydrogen-bond acceptors (Lipinski definition) is 4. The molecule has 36 heavy (non-hydrogen) atoms. The van der Waals surface area contributed by atoms with Crippen molar-refractivity contribution in [2.75, 3.05) is 13.1 Å². The first kappa shape index (κ1) is 27.5. The van der Waals surface area contributed by atoms with E-state index in [1.54, 1.807) is 13.8 Å². The van der Waals surface area contributed by atoms with Gasteiger partial charge < -0.3 is 20.9 Å². The molecule has 1 atom stereocenters. The number of H-pyrrole nitrogens is 1. The third kappa shape index (κ3) is 6.36. The van der Waals surface area contributed by atoms with Crippen LogP contribution in [-0.2, 0) is 16.0 Å². The first-order chi connectivity index (χ1) is 16.7. The van der Waals surface area contributed by atoms with Crippen LogP contribution in [0, 0.1) is 0 Å². The van der Waals surface area contributed by atoms with E-state index in [0.717, 1.165) is 23.9 Å². The van der Waals surface area contributed by atoms with E-state index < -0.39 is 11.6 Å². The highest BCUT2D eigenvalue weighted by atomic mass is 35.5. The van der Waals surface area contributed by atoms with E-state index in [2.05, 4.69) is 22.4 Å². The van der Waals surface area contributed by atoms with Gasteiger partial charge in [0.05, 0.1) is 16.6 Å². The van der Waals surface area contributed by atoms with E-state index in [4.69, 9.17) is 5.73 Å². The van der Waals surface area contributed by atoms with E-state index in [9.17, 15) is 14.4 Å². The number of nitrogens with two attached hydrogens (primary N) is 1. The zero-order chi connectivity index (χ0) is 25.0. The van der Waals surface area contributed by atoms with Gasteiger partial charge in [0.15, 0.2) is 0 Å². The van der Waals surface area contributed by atoms with Gasteiger partial charge >= 0.3 is 5.69 Å². The maximum atomic E-state index is 13.5. The van der Waals surface area contributed by atoms with Crippen LogP contribution in [0.25, 0.3) is 11.0 Å². The average molecular weight is 514 g/mol. The Labute approximate surface area is 217 Å². The number of likely N-dealkylation sites (tertiary alicyclic amines) is 1. The molecule has 0 saturated carbocycles. The van der Waals surface area contributed by atoms with Gasteiger partial charge in [-0.2, -0.15) is 0 Å². The van der Waals surface area contributed by atoms with E-state index in [1.807, 2.05) is 51.9 Å². The molecule has 2 heterocycles. The molecule has 0 unspecified atom stereocenters. The molecule has 2 amide bonds. The lowest BCUT2D eigenvalue weighted by Gasteiger charge is -2.35. The van der Waals surface area contributed by atoms with E-state index in [1.165, 1.54) is 5.56 Å². The van der Waals surface area contributed by atoms with E-state index in [-0.39, 0.29) is 36.0 Å². The summed E-state index contributed by atoms with van der Waals surface area (Å²) in [6.07, 6.45) is 3.50. The van der Waals surface area contributed by atoms with Crippen LogP contribution >= 0.6 is 12.4 Å². The van der Waals surface area contributed by atoms with Gasteiger partial charge in [0.1, 0.15) is 6.04 Å². The van der Waals surface area contributed by atoms with Crippen molar-refractivity contribution >= 4 is 35.3 Å². The Balaban J connectivity index is 0.00000361. The summed E-state index contributed by atoms with van der Waals surface area (Å²) < 4.78 is 1.81. The average Bonchev–Trinajstić information content (AvgIpc) is 3.18. The Bertz CT molecular complexity index is 1220. The van der Waals surface area contributed by atoms with Gasteiger partial charge in [-0.1, -0.05) is 42.5 Å². The van der Waals surface area contributed by atoms with Crippen molar-refractivity contribution in [2.45, 2.75) is 63.6 Å². The fourth-order valence-electron chi connectivity index (χ4n) is 4.76. The molecule has 1 saturated heterocycles. The van der Waals surface area contributed by atoms with Crippen LogP contribution in [-0.4, -0.2) is 50.9 Å². The molecule has 2 aromatic carbocycles. The first-order valence-corrected chi connectivity index (χ1v) is 12.4. The third-order valence-corrected chi connectivity index (χ3v) is 6.76. The zero-order valence-corrected chi connectivity index (χ0v) is 21.7. The molecule has 8 nitrogen and oxygen atoms in total. The number of carbonyl (C=O) groups is 2. The van der Waals surface area contributed by atoms with Crippen molar-refractivity contribution < 1.29 is 9.59 Å². The summed E-state index contributed by atoms with van der Waals surface area (Å²) in [5, 5.41) is 2.90. The number of para-hydroxylation sites is 2. The number of benzene rings is 2. The summed E-state index contributed by atoms with van der Waals surface area (Å²) in [7, 11) is 0. The molecule has 194 valence electrons. The van der Waals surface area contributed by atoms with Crippen LogP contribution in [0.2, 0.25) is 0 Å². The number of hydrogen-bond donors (Lipinski definition) is 3. The molecular weight excluding hydrogens is 478 g/mol. The number of nitrogens with one attached hydrogen (secondary N) is 2. The number of aromatic nitrogens is 2. The van der Waals surface area contributed by atoms with Crippen LogP contribution < -0.4 is 16.7 Å². The summed E-state index contributed by atoms with van der Waals surface area (Å²) in [6, 6.07) is 17.2. The number of nitrogens with zero attached hydrogens (tertiary/aromatic N) is 2. The fourth-order valence-corrected chi connectivity index (χ4v) is 4.76. The van der Waals surface area contributed by atoms with Crippen LogP contribution in [0.3, 0.4) is 0 Å². The second-order valence-electron chi connectivity index (χ2n) is 10.00. The van der Waals surface area contributed by atoms with Crippen molar-refractivity contribution in [1.82, 2.24) is 19.8 Å². The Kier molecular flexibility index (Phi) is 8.98. The quantitative estimate of drug-likeness (QED) is 0.429. The molecule has 1 aliphatic rings. The SMILES string of the molecule is CC(C)(N)C(=O)N[C@H](CCCc1ccccc1)C(=O)N1CCC(n2c(=O)[nH]c3ccccc32)CC1.Cl. The predicted molar refractivity (Wildman–Crippen MR) is 144 cm³/mol. The number of fused-ring (bicyclic) bond motifs is 1. The van der Waals surface area contributed by atoms with Gasteiger partial charge in [0.2, 0.25) is 11.8 Å². The third-order valence-electron chi connectivity index (χ3n) is 6.76. The molecule has 4 rings (SSSR count). The van der Waals surface area contributed by atoms with Crippen molar-refractivity contribution in [1.29, 1.82) is 0 Å². The first-order valence-electron chi connectivity index (χ1n) is 12.4. The molecule has 0 spiro atoms. The molecule has 1 fully saturated rings. The van der Waals surface area contributed by atoms with Crippen LogP contribution in [0.15, 0.2) is 59.4 Å². The highest BCUT2D eigenvalue weighted by Gasteiger charge is 2.33.